The van der Waals surface area contributed by atoms with Gasteiger partial charge in [-0.25, -0.2) is 0 Å². The van der Waals surface area contributed by atoms with Gasteiger partial charge in [0.15, 0.2) is 6.10 Å². The van der Waals surface area contributed by atoms with Gasteiger partial charge in [-0.3, -0.25) is 9.59 Å². The second-order valence-electron chi connectivity index (χ2n) is 9.77. The highest BCUT2D eigenvalue weighted by Gasteiger charge is 2.33. The van der Waals surface area contributed by atoms with Crippen LogP contribution in [0.1, 0.15) is 45.6 Å². The summed E-state index contributed by atoms with van der Waals surface area (Å²) in [5, 5.41) is 2.88. The number of carbonyl (C=O) groups is 2. The Hall–Kier alpha value is -4.58. The van der Waals surface area contributed by atoms with Crippen LogP contribution < -0.4 is 14.8 Å². The third-order valence-corrected chi connectivity index (χ3v) is 7.02. The molecule has 0 radical (unpaired) electrons. The Morgan fingerprint density at radius 3 is 2.36 bits per heavy atom. The maximum absolute atomic E-state index is 13.7. The molecular formula is C33H32N2O4. The van der Waals surface area contributed by atoms with E-state index in [1.54, 1.807) is 38.3 Å². The summed E-state index contributed by atoms with van der Waals surface area (Å²) in [5.74, 6) is 1.03. The molecular weight excluding hydrogens is 488 g/mol. The van der Waals surface area contributed by atoms with Crippen LogP contribution in [0.25, 0.3) is 0 Å². The van der Waals surface area contributed by atoms with E-state index in [-0.39, 0.29) is 17.9 Å². The minimum absolute atomic E-state index is 0.00804. The monoisotopic (exact) mass is 520 g/mol. The van der Waals surface area contributed by atoms with Crippen LogP contribution >= 0.6 is 0 Å². The summed E-state index contributed by atoms with van der Waals surface area (Å²) in [6.07, 6.45) is 0.0116. The maximum Gasteiger partial charge on any atom is 0.265 e. The first-order valence-corrected chi connectivity index (χ1v) is 13.1. The molecule has 1 aliphatic rings. The number of ether oxygens (including phenoxy) is 2. The van der Waals surface area contributed by atoms with Crippen molar-refractivity contribution < 1.29 is 19.1 Å². The van der Waals surface area contributed by atoms with Crippen molar-refractivity contribution in [2.45, 2.75) is 32.4 Å². The average Bonchev–Trinajstić information content (AvgIpc) is 2.97. The molecule has 4 aromatic rings. The zero-order chi connectivity index (χ0) is 27.4. The van der Waals surface area contributed by atoms with E-state index in [1.165, 1.54) is 5.56 Å². The molecule has 5 rings (SSSR count). The van der Waals surface area contributed by atoms with Gasteiger partial charge >= 0.3 is 0 Å². The molecule has 1 aliphatic heterocycles. The van der Waals surface area contributed by atoms with E-state index in [0.717, 1.165) is 23.1 Å². The SMILES string of the molecule is COc1ccc(NC(=O)[C@@H](C)Oc2ccc3c(c2)[C@H](c2cccc(C)c2)N(C(=O)c2ccccc2)CC3)cc1. The van der Waals surface area contributed by atoms with Gasteiger partial charge < -0.3 is 19.7 Å². The number of aryl methyl sites for hydroxylation is 1. The van der Waals surface area contributed by atoms with Crippen molar-refractivity contribution in [3.8, 4) is 11.5 Å². The van der Waals surface area contributed by atoms with Gasteiger partial charge in [0.1, 0.15) is 11.5 Å². The molecule has 39 heavy (non-hydrogen) atoms. The number of carbonyl (C=O) groups excluding carboxylic acids is 2. The predicted octanol–water partition coefficient (Wildman–Crippen LogP) is 6.20. The minimum Gasteiger partial charge on any atom is -0.497 e. The second-order valence-corrected chi connectivity index (χ2v) is 9.77. The van der Waals surface area contributed by atoms with Crippen molar-refractivity contribution in [3.63, 3.8) is 0 Å². The summed E-state index contributed by atoms with van der Waals surface area (Å²) >= 11 is 0. The molecule has 4 aromatic carbocycles. The number of nitrogens with zero attached hydrogens (tertiary/aromatic N) is 1. The lowest BCUT2D eigenvalue weighted by Gasteiger charge is -2.38. The normalized spacial score (nSPS) is 15.2. The van der Waals surface area contributed by atoms with Crippen LogP contribution in [0.2, 0.25) is 0 Å². The molecule has 0 saturated carbocycles. The molecule has 1 heterocycles. The number of hydrogen-bond acceptors (Lipinski definition) is 4. The Labute approximate surface area is 229 Å². The first kappa shape index (κ1) is 26.0. The van der Waals surface area contributed by atoms with E-state index in [0.29, 0.717) is 29.3 Å². The molecule has 6 nitrogen and oxygen atoms in total. The highest BCUT2D eigenvalue weighted by Crippen LogP contribution is 2.38. The van der Waals surface area contributed by atoms with Gasteiger partial charge in [-0.1, -0.05) is 54.1 Å². The molecule has 0 bridgehead atoms. The number of benzene rings is 4. The lowest BCUT2D eigenvalue weighted by molar-refractivity contribution is -0.122. The zero-order valence-corrected chi connectivity index (χ0v) is 22.4. The van der Waals surface area contributed by atoms with E-state index < -0.39 is 6.10 Å². The number of rotatable bonds is 7. The van der Waals surface area contributed by atoms with Gasteiger partial charge in [0.2, 0.25) is 0 Å². The van der Waals surface area contributed by atoms with Crippen molar-refractivity contribution in [1.82, 2.24) is 4.90 Å². The smallest absolute Gasteiger partial charge is 0.265 e. The van der Waals surface area contributed by atoms with Crippen LogP contribution in [0.5, 0.6) is 11.5 Å². The number of nitrogens with one attached hydrogen (secondary N) is 1. The van der Waals surface area contributed by atoms with Crippen molar-refractivity contribution in [2.24, 2.45) is 0 Å². The average molecular weight is 521 g/mol. The number of amides is 2. The fourth-order valence-electron chi connectivity index (χ4n) is 5.01. The van der Waals surface area contributed by atoms with E-state index in [9.17, 15) is 9.59 Å². The van der Waals surface area contributed by atoms with E-state index in [1.807, 2.05) is 59.5 Å². The Bertz CT molecular complexity index is 1470. The number of hydrogen-bond donors (Lipinski definition) is 1. The van der Waals surface area contributed by atoms with Crippen LogP contribution in [0.3, 0.4) is 0 Å². The van der Waals surface area contributed by atoms with E-state index in [2.05, 4.69) is 30.4 Å². The Balaban J connectivity index is 1.42. The van der Waals surface area contributed by atoms with Crippen molar-refractivity contribution >= 4 is 17.5 Å². The van der Waals surface area contributed by atoms with Crippen LogP contribution in [-0.4, -0.2) is 36.5 Å². The molecule has 2 amide bonds. The first-order valence-electron chi connectivity index (χ1n) is 13.1. The second kappa shape index (κ2) is 11.4. The summed E-state index contributed by atoms with van der Waals surface area (Å²) in [4.78, 5) is 28.5. The Morgan fingerprint density at radius 2 is 1.64 bits per heavy atom. The largest absolute Gasteiger partial charge is 0.497 e. The van der Waals surface area contributed by atoms with Gasteiger partial charge in [0.25, 0.3) is 11.8 Å². The number of anilines is 1. The number of fused-ring (bicyclic) bond motifs is 1. The third kappa shape index (κ3) is 5.80. The van der Waals surface area contributed by atoms with Crippen molar-refractivity contribution in [1.29, 1.82) is 0 Å². The lowest BCUT2D eigenvalue weighted by atomic mass is 9.87. The van der Waals surface area contributed by atoms with Crippen molar-refractivity contribution in [3.05, 3.63) is 125 Å². The molecule has 0 spiro atoms. The molecule has 0 fully saturated rings. The molecule has 2 atom stereocenters. The highest BCUT2D eigenvalue weighted by atomic mass is 16.5. The maximum atomic E-state index is 13.7. The zero-order valence-electron chi connectivity index (χ0n) is 22.4. The molecule has 198 valence electrons. The summed E-state index contributed by atoms with van der Waals surface area (Å²) in [6, 6.07) is 30.5. The van der Waals surface area contributed by atoms with Gasteiger partial charge in [0.05, 0.1) is 13.2 Å². The first-order chi connectivity index (χ1) is 18.9. The van der Waals surface area contributed by atoms with E-state index in [4.69, 9.17) is 9.47 Å². The van der Waals surface area contributed by atoms with Gasteiger partial charge in [-0.15, -0.1) is 0 Å². The summed E-state index contributed by atoms with van der Waals surface area (Å²) in [6.45, 7) is 4.39. The highest BCUT2D eigenvalue weighted by molar-refractivity contribution is 5.95. The fraction of sp³-hybridized carbons (Fsp3) is 0.212. The number of methoxy groups -OCH3 is 1. The molecule has 6 heteroatoms. The summed E-state index contributed by atoms with van der Waals surface area (Å²) in [7, 11) is 1.60. The lowest BCUT2D eigenvalue weighted by Crippen LogP contribution is -2.40. The van der Waals surface area contributed by atoms with Gasteiger partial charge in [0, 0.05) is 17.8 Å². The molecule has 0 aliphatic carbocycles. The Morgan fingerprint density at radius 1 is 0.897 bits per heavy atom. The van der Waals surface area contributed by atoms with Crippen molar-refractivity contribution in [2.75, 3.05) is 19.0 Å². The predicted molar refractivity (Wildman–Crippen MR) is 152 cm³/mol. The quantitative estimate of drug-likeness (QED) is 0.315. The molecule has 1 N–H and O–H groups in total. The van der Waals surface area contributed by atoms with Crippen LogP contribution in [0.15, 0.2) is 97.1 Å². The topological polar surface area (TPSA) is 67.9 Å². The standard InChI is InChI=1S/C33H32N2O4/c1-22-8-7-11-26(20-22)31-30-21-29(39-23(2)32(36)34-27-13-16-28(38-3)17-14-27)15-12-24(30)18-19-35(31)33(37)25-9-5-4-6-10-25/h4-17,20-21,23,31H,18-19H2,1-3H3,(H,34,36)/t23-,31+/m1/s1. The molecule has 0 unspecified atom stereocenters. The Kier molecular flexibility index (Phi) is 7.64. The molecule has 0 saturated heterocycles. The minimum atomic E-state index is -0.729. The summed E-state index contributed by atoms with van der Waals surface area (Å²) in [5.41, 5.74) is 5.68. The third-order valence-electron chi connectivity index (χ3n) is 7.02. The van der Waals surface area contributed by atoms with Crippen LogP contribution in [0, 0.1) is 6.92 Å². The van der Waals surface area contributed by atoms with Crippen LogP contribution in [-0.2, 0) is 11.2 Å². The van der Waals surface area contributed by atoms with Gasteiger partial charge in [-0.05, 0) is 85.5 Å². The summed E-state index contributed by atoms with van der Waals surface area (Å²) < 4.78 is 11.3. The van der Waals surface area contributed by atoms with E-state index >= 15 is 0 Å². The molecule has 0 aromatic heterocycles. The van der Waals surface area contributed by atoms with Crippen LogP contribution in [0.4, 0.5) is 5.69 Å². The fourth-order valence-corrected chi connectivity index (χ4v) is 5.01. The van der Waals surface area contributed by atoms with Gasteiger partial charge in [-0.2, -0.15) is 0 Å².